The number of alkyl halides is 3. The van der Waals surface area contributed by atoms with Crippen LogP contribution in [-0.4, -0.2) is 25.3 Å². The molecule has 0 fully saturated rings. The molecule has 0 aliphatic rings. The van der Waals surface area contributed by atoms with Crippen molar-refractivity contribution in [3.63, 3.8) is 0 Å². The van der Waals surface area contributed by atoms with E-state index in [1.165, 1.54) is 12.1 Å². The quantitative estimate of drug-likeness (QED) is 0.908. The van der Waals surface area contributed by atoms with Crippen LogP contribution in [0.5, 0.6) is 11.5 Å². The lowest BCUT2D eigenvalue weighted by Crippen LogP contribution is -2.22. The third kappa shape index (κ3) is 5.63. The van der Waals surface area contributed by atoms with E-state index in [4.69, 9.17) is 10.5 Å². The molecule has 21 heavy (non-hydrogen) atoms. The highest BCUT2D eigenvalue weighted by Crippen LogP contribution is 2.35. The van der Waals surface area contributed by atoms with E-state index in [0.717, 1.165) is 6.07 Å². The van der Waals surface area contributed by atoms with Crippen LogP contribution in [0.15, 0.2) is 18.2 Å². The number of nitrogens with two attached hydrogens (primary N) is 1. The molecule has 0 saturated heterocycles. The normalized spacial score (nSPS) is 12.1. The van der Waals surface area contributed by atoms with E-state index in [-0.39, 0.29) is 30.1 Å². The van der Waals surface area contributed by atoms with Crippen LogP contribution >= 0.6 is 0 Å². The molecule has 0 spiro atoms. The fourth-order valence-electron chi connectivity index (χ4n) is 1.66. The number of halogens is 3. The lowest BCUT2D eigenvalue weighted by molar-refractivity contribution is -0.274. The summed E-state index contributed by atoms with van der Waals surface area (Å²) in [7, 11) is 0. The molecule has 0 aliphatic carbocycles. The van der Waals surface area contributed by atoms with Gasteiger partial charge >= 0.3 is 6.36 Å². The molecule has 0 unspecified atom stereocenters. The molecule has 0 heterocycles. The number of carbonyl (C=O) groups is 1. The van der Waals surface area contributed by atoms with Crippen LogP contribution in [-0.2, 0) is 10.2 Å². The Balaban J connectivity index is 3.08. The summed E-state index contributed by atoms with van der Waals surface area (Å²) in [5.74, 6) is -0.575. The van der Waals surface area contributed by atoms with Crippen LogP contribution in [0.1, 0.15) is 26.3 Å². The first kappa shape index (κ1) is 17.3. The first-order valence-electron chi connectivity index (χ1n) is 6.28. The maximum absolute atomic E-state index is 12.2. The third-order valence-electron chi connectivity index (χ3n) is 2.61. The molecular weight excluding hydrogens is 287 g/mol. The van der Waals surface area contributed by atoms with Gasteiger partial charge in [0.25, 0.3) is 0 Å². The zero-order valence-electron chi connectivity index (χ0n) is 12.1. The van der Waals surface area contributed by atoms with E-state index < -0.39 is 12.1 Å². The van der Waals surface area contributed by atoms with Gasteiger partial charge in [0, 0.05) is 6.07 Å². The summed E-state index contributed by atoms with van der Waals surface area (Å²) >= 11 is 0. The van der Waals surface area contributed by atoms with Crippen molar-refractivity contribution < 1.29 is 27.4 Å². The van der Waals surface area contributed by atoms with Gasteiger partial charge in [0.2, 0.25) is 0 Å². The van der Waals surface area contributed by atoms with Crippen LogP contribution in [0.2, 0.25) is 0 Å². The van der Waals surface area contributed by atoms with Crippen molar-refractivity contribution in [3.05, 3.63) is 23.8 Å². The van der Waals surface area contributed by atoms with Crippen molar-refractivity contribution in [3.8, 4) is 11.5 Å². The van der Waals surface area contributed by atoms with Crippen molar-refractivity contribution >= 4 is 5.78 Å². The molecule has 0 atom stereocenters. The van der Waals surface area contributed by atoms with E-state index in [9.17, 15) is 18.0 Å². The van der Waals surface area contributed by atoms with Gasteiger partial charge in [0.1, 0.15) is 18.1 Å². The van der Waals surface area contributed by atoms with Gasteiger partial charge in [0.05, 0.1) is 6.54 Å². The monoisotopic (exact) mass is 305 g/mol. The number of ketones is 1. The van der Waals surface area contributed by atoms with Crippen molar-refractivity contribution in [2.75, 3.05) is 13.2 Å². The van der Waals surface area contributed by atoms with E-state index in [2.05, 4.69) is 4.74 Å². The van der Waals surface area contributed by atoms with E-state index in [1.54, 1.807) is 0 Å². The van der Waals surface area contributed by atoms with Crippen LogP contribution < -0.4 is 15.2 Å². The van der Waals surface area contributed by atoms with Crippen molar-refractivity contribution in [1.82, 2.24) is 0 Å². The second-order valence-electron chi connectivity index (χ2n) is 5.49. The number of hydrogen-bond acceptors (Lipinski definition) is 4. The first-order valence-corrected chi connectivity index (χ1v) is 6.28. The van der Waals surface area contributed by atoms with Gasteiger partial charge in [-0.3, -0.25) is 4.79 Å². The van der Waals surface area contributed by atoms with Crippen molar-refractivity contribution in [2.45, 2.75) is 32.5 Å². The summed E-state index contributed by atoms with van der Waals surface area (Å²) in [5.41, 5.74) is 5.48. The van der Waals surface area contributed by atoms with Gasteiger partial charge in [-0.1, -0.05) is 26.8 Å². The molecule has 1 aromatic rings. The topological polar surface area (TPSA) is 61.5 Å². The molecule has 4 nitrogen and oxygen atoms in total. The second kappa shape index (κ2) is 6.34. The fraction of sp³-hybridized carbons (Fsp3) is 0.500. The van der Waals surface area contributed by atoms with Crippen molar-refractivity contribution in [2.24, 2.45) is 5.73 Å². The Labute approximate surface area is 121 Å². The Morgan fingerprint density at radius 2 is 1.86 bits per heavy atom. The lowest BCUT2D eigenvalue weighted by Gasteiger charge is -2.23. The standard InChI is InChI=1S/C14H18F3NO3/c1-13(2,3)11-5-4-10(21-14(15,16)17)6-12(11)20-8-9(19)7-18/h4-6H,7-8,18H2,1-3H3. The molecule has 7 heteroatoms. The van der Waals surface area contributed by atoms with E-state index in [1.807, 2.05) is 20.8 Å². The highest BCUT2D eigenvalue weighted by molar-refractivity contribution is 5.81. The molecule has 1 rings (SSSR count). The Morgan fingerprint density at radius 3 is 2.33 bits per heavy atom. The SMILES string of the molecule is CC(C)(C)c1ccc(OC(F)(F)F)cc1OCC(=O)CN. The first-order chi connectivity index (χ1) is 9.53. The van der Waals surface area contributed by atoms with Gasteiger partial charge in [-0.2, -0.15) is 0 Å². The van der Waals surface area contributed by atoms with Gasteiger partial charge < -0.3 is 15.2 Å². The number of hydrogen-bond donors (Lipinski definition) is 1. The Hall–Kier alpha value is -1.76. The predicted octanol–water partition coefficient (Wildman–Crippen LogP) is 2.79. The summed E-state index contributed by atoms with van der Waals surface area (Å²) in [6.07, 6.45) is -4.78. The zero-order valence-corrected chi connectivity index (χ0v) is 12.1. The average Bonchev–Trinajstić information content (AvgIpc) is 2.32. The van der Waals surface area contributed by atoms with E-state index in [0.29, 0.717) is 5.56 Å². The summed E-state index contributed by atoms with van der Waals surface area (Å²) in [4.78, 5) is 11.2. The number of carbonyl (C=O) groups excluding carboxylic acids is 1. The van der Waals surface area contributed by atoms with Gasteiger partial charge in [-0.25, -0.2) is 0 Å². The molecule has 0 saturated carbocycles. The molecule has 0 aliphatic heterocycles. The van der Waals surface area contributed by atoms with E-state index >= 15 is 0 Å². The molecule has 0 amide bonds. The summed E-state index contributed by atoms with van der Waals surface area (Å²) < 4.78 is 45.9. The number of Topliss-reactive ketones (excluding diaryl/α,β-unsaturated/α-hetero) is 1. The van der Waals surface area contributed by atoms with Crippen LogP contribution in [0.25, 0.3) is 0 Å². The van der Waals surface area contributed by atoms with Gasteiger partial charge in [-0.05, 0) is 17.0 Å². The average molecular weight is 305 g/mol. The maximum atomic E-state index is 12.2. The Kier molecular flexibility index (Phi) is 5.22. The number of benzene rings is 1. The molecule has 0 bridgehead atoms. The van der Waals surface area contributed by atoms with Crippen molar-refractivity contribution in [1.29, 1.82) is 0 Å². The fourth-order valence-corrected chi connectivity index (χ4v) is 1.66. The molecule has 1 aromatic carbocycles. The van der Waals surface area contributed by atoms with Crippen LogP contribution in [0, 0.1) is 0 Å². The predicted molar refractivity (Wildman–Crippen MR) is 71.4 cm³/mol. The van der Waals surface area contributed by atoms with Gasteiger partial charge in [0.15, 0.2) is 5.78 Å². The summed E-state index contributed by atoms with van der Waals surface area (Å²) in [5, 5.41) is 0. The van der Waals surface area contributed by atoms with Gasteiger partial charge in [-0.15, -0.1) is 13.2 Å². The molecule has 118 valence electrons. The maximum Gasteiger partial charge on any atom is 0.573 e. The zero-order chi connectivity index (χ0) is 16.3. The second-order valence-corrected chi connectivity index (χ2v) is 5.49. The Morgan fingerprint density at radius 1 is 1.24 bits per heavy atom. The molecule has 0 aromatic heterocycles. The number of ether oxygens (including phenoxy) is 2. The van der Waals surface area contributed by atoms with Crippen LogP contribution in [0.3, 0.4) is 0 Å². The summed E-state index contributed by atoms with van der Waals surface area (Å²) in [6, 6.07) is 3.83. The molecule has 2 N–H and O–H groups in total. The van der Waals surface area contributed by atoms with Crippen LogP contribution in [0.4, 0.5) is 13.2 Å². The summed E-state index contributed by atoms with van der Waals surface area (Å²) in [6.45, 7) is 5.15. The number of rotatable bonds is 5. The smallest absolute Gasteiger partial charge is 0.485 e. The highest BCUT2D eigenvalue weighted by Gasteiger charge is 2.32. The minimum absolute atomic E-state index is 0.172. The molecule has 0 radical (unpaired) electrons. The minimum atomic E-state index is -4.78. The minimum Gasteiger partial charge on any atom is -0.485 e. The Bertz CT molecular complexity index is 507. The highest BCUT2D eigenvalue weighted by atomic mass is 19.4. The largest absolute Gasteiger partial charge is 0.573 e. The molecular formula is C14H18F3NO3. The lowest BCUT2D eigenvalue weighted by atomic mass is 9.86. The third-order valence-corrected chi connectivity index (χ3v) is 2.61.